The number of halogens is 2. The Balaban J connectivity index is 2.38. The van der Waals surface area contributed by atoms with Gasteiger partial charge < -0.3 is 0 Å². The average Bonchev–Trinajstić information content (AvgIpc) is 2.37. The monoisotopic (exact) mass is 377 g/mol. The molecule has 7 heteroatoms. The summed E-state index contributed by atoms with van der Waals surface area (Å²) in [7, 11) is -3.92. The lowest BCUT2D eigenvalue weighted by molar-refractivity contribution is -0.118. The van der Waals surface area contributed by atoms with Crippen molar-refractivity contribution in [2.24, 2.45) is 0 Å². The molecule has 1 unspecified atom stereocenters. The molecule has 21 heavy (non-hydrogen) atoms. The van der Waals surface area contributed by atoms with E-state index in [2.05, 4.69) is 15.9 Å². The summed E-state index contributed by atoms with van der Waals surface area (Å²) in [6, 6.07) is 3.52. The van der Waals surface area contributed by atoms with Gasteiger partial charge in [-0.15, -0.1) is 0 Å². The lowest BCUT2D eigenvalue weighted by Gasteiger charge is -2.34. The number of ketones is 1. The number of carbonyl (C=O) groups excluding carboxylic acids is 1. The Hall–Kier alpha value is -0.790. The maximum Gasteiger partial charge on any atom is 0.246 e. The van der Waals surface area contributed by atoms with Crippen LogP contribution in [0, 0.1) is 5.82 Å². The lowest BCUT2D eigenvalue weighted by Crippen LogP contribution is -2.44. The first-order valence-corrected chi connectivity index (χ1v) is 9.02. The predicted molar refractivity (Wildman–Crippen MR) is 80.9 cm³/mol. The fourth-order valence-corrected chi connectivity index (χ4v) is 4.71. The molecule has 4 nitrogen and oxygen atoms in total. The molecule has 1 aromatic rings. The number of nitrogens with zero attached hydrogens (tertiary/aromatic N) is 1. The summed E-state index contributed by atoms with van der Waals surface area (Å²) in [4.78, 5) is 11.0. The molecule has 2 rings (SSSR count). The second-order valence-electron chi connectivity index (χ2n) is 5.25. The van der Waals surface area contributed by atoms with Gasteiger partial charge in [0.2, 0.25) is 10.0 Å². The van der Waals surface area contributed by atoms with Crippen LogP contribution in [0.3, 0.4) is 0 Å². The number of benzene rings is 1. The van der Waals surface area contributed by atoms with Crippen molar-refractivity contribution in [2.45, 2.75) is 43.5 Å². The molecule has 1 saturated heterocycles. The Morgan fingerprint density at radius 1 is 1.43 bits per heavy atom. The van der Waals surface area contributed by atoms with Crippen molar-refractivity contribution in [3.05, 3.63) is 28.5 Å². The first kappa shape index (κ1) is 16.6. The van der Waals surface area contributed by atoms with Gasteiger partial charge in [0.25, 0.3) is 0 Å². The van der Waals surface area contributed by atoms with Crippen LogP contribution in [0.1, 0.15) is 32.6 Å². The van der Waals surface area contributed by atoms with Gasteiger partial charge in [-0.05, 0) is 38.0 Å². The van der Waals surface area contributed by atoms with Crippen LogP contribution in [0.2, 0.25) is 0 Å². The van der Waals surface area contributed by atoms with E-state index in [0.717, 1.165) is 18.9 Å². The molecule has 1 atom stereocenters. The van der Waals surface area contributed by atoms with Crippen molar-refractivity contribution in [1.82, 2.24) is 4.31 Å². The molecule has 0 bridgehead atoms. The van der Waals surface area contributed by atoms with Crippen molar-refractivity contribution in [1.29, 1.82) is 0 Å². The minimum absolute atomic E-state index is 0.0571. The molecular weight excluding hydrogens is 361 g/mol. The van der Waals surface area contributed by atoms with E-state index in [-0.39, 0.29) is 23.1 Å². The van der Waals surface area contributed by atoms with E-state index in [9.17, 15) is 17.6 Å². The highest BCUT2D eigenvalue weighted by Gasteiger charge is 2.35. The molecule has 1 heterocycles. The summed E-state index contributed by atoms with van der Waals surface area (Å²) in [6.45, 7) is 1.77. The summed E-state index contributed by atoms with van der Waals surface area (Å²) in [5.74, 6) is -0.838. The molecule has 0 spiro atoms. The SMILES string of the molecule is CC(=O)CC1CCCCN1S(=O)(=O)c1ccc(Br)cc1F. The van der Waals surface area contributed by atoms with E-state index in [1.807, 2.05) is 0 Å². The van der Waals surface area contributed by atoms with Crippen molar-refractivity contribution < 1.29 is 17.6 Å². The number of piperidine rings is 1. The van der Waals surface area contributed by atoms with Crippen LogP contribution < -0.4 is 0 Å². The standard InChI is InChI=1S/C14H17BrFNO3S/c1-10(18)8-12-4-2-3-7-17(12)21(19,20)14-6-5-11(15)9-13(14)16/h5-6,9,12H,2-4,7-8H2,1H3. The number of Topliss-reactive ketones (excluding diaryl/α,β-unsaturated/α-hetero) is 1. The summed E-state index contributed by atoms with van der Waals surface area (Å²) in [6.07, 6.45) is 2.42. The first-order valence-electron chi connectivity index (χ1n) is 6.78. The topological polar surface area (TPSA) is 54.5 Å². The zero-order valence-corrected chi connectivity index (χ0v) is 14.1. The number of carbonyl (C=O) groups is 1. The zero-order valence-electron chi connectivity index (χ0n) is 11.7. The summed E-state index contributed by atoms with van der Waals surface area (Å²) in [5, 5.41) is 0. The predicted octanol–water partition coefficient (Wildman–Crippen LogP) is 3.11. The highest BCUT2D eigenvalue weighted by Crippen LogP contribution is 2.29. The molecule has 0 aliphatic carbocycles. The van der Waals surface area contributed by atoms with E-state index >= 15 is 0 Å². The molecule has 1 fully saturated rings. The molecule has 0 saturated carbocycles. The smallest absolute Gasteiger partial charge is 0.246 e. The zero-order chi connectivity index (χ0) is 15.6. The maximum absolute atomic E-state index is 14.0. The molecule has 0 radical (unpaired) electrons. The van der Waals surface area contributed by atoms with E-state index in [4.69, 9.17) is 0 Å². The van der Waals surface area contributed by atoms with Gasteiger partial charge in [-0.3, -0.25) is 4.79 Å². The molecule has 0 aromatic heterocycles. The third-order valence-corrected chi connectivity index (χ3v) is 6.06. The van der Waals surface area contributed by atoms with E-state index in [0.29, 0.717) is 17.4 Å². The van der Waals surface area contributed by atoms with Crippen LogP contribution in [0.15, 0.2) is 27.6 Å². The average molecular weight is 378 g/mol. The summed E-state index contributed by atoms with van der Waals surface area (Å²) < 4.78 is 41.1. The van der Waals surface area contributed by atoms with Crippen molar-refractivity contribution in [3.63, 3.8) is 0 Å². The number of rotatable bonds is 4. The van der Waals surface area contributed by atoms with Gasteiger partial charge in [-0.25, -0.2) is 12.8 Å². The second-order valence-corrected chi connectivity index (χ2v) is 8.02. The third-order valence-electron chi connectivity index (χ3n) is 3.58. The van der Waals surface area contributed by atoms with E-state index in [1.165, 1.54) is 23.4 Å². The minimum Gasteiger partial charge on any atom is -0.300 e. The minimum atomic E-state index is -3.92. The Kier molecular flexibility index (Phi) is 5.16. The van der Waals surface area contributed by atoms with Crippen molar-refractivity contribution >= 4 is 31.7 Å². The molecular formula is C14H17BrFNO3S. The molecule has 116 valence electrons. The molecule has 1 aliphatic rings. The van der Waals surface area contributed by atoms with Crippen LogP contribution in [-0.2, 0) is 14.8 Å². The highest BCUT2D eigenvalue weighted by molar-refractivity contribution is 9.10. The number of sulfonamides is 1. The van der Waals surface area contributed by atoms with E-state index < -0.39 is 15.8 Å². The number of hydrogen-bond acceptors (Lipinski definition) is 3. The van der Waals surface area contributed by atoms with Gasteiger partial charge in [0.15, 0.2) is 0 Å². The van der Waals surface area contributed by atoms with Crippen LogP contribution in [-0.4, -0.2) is 31.1 Å². The molecule has 1 aromatic carbocycles. The third kappa shape index (κ3) is 3.70. The second kappa shape index (κ2) is 6.54. The van der Waals surface area contributed by atoms with Gasteiger partial charge in [0.05, 0.1) is 0 Å². The van der Waals surface area contributed by atoms with Crippen LogP contribution in [0.25, 0.3) is 0 Å². The largest absolute Gasteiger partial charge is 0.300 e. The van der Waals surface area contributed by atoms with Gasteiger partial charge in [-0.1, -0.05) is 22.4 Å². The molecule has 0 amide bonds. The van der Waals surface area contributed by atoms with Crippen LogP contribution in [0.5, 0.6) is 0 Å². The quantitative estimate of drug-likeness (QED) is 0.809. The van der Waals surface area contributed by atoms with Gasteiger partial charge in [-0.2, -0.15) is 4.31 Å². The lowest BCUT2D eigenvalue weighted by atomic mass is 10.0. The fraction of sp³-hybridized carbons (Fsp3) is 0.500. The summed E-state index contributed by atoms with van der Waals surface area (Å²) >= 11 is 3.11. The first-order chi connectivity index (χ1) is 9.82. The van der Waals surface area contributed by atoms with Gasteiger partial charge in [0.1, 0.15) is 16.5 Å². The highest BCUT2D eigenvalue weighted by atomic mass is 79.9. The molecule has 0 N–H and O–H groups in total. The van der Waals surface area contributed by atoms with Gasteiger partial charge in [0, 0.05) is 23.5 Å². The van der Waals surface area contributed by atoms with Crippen LogP contribution >= 0.6 is 15.9 Å². The normalized spacial score (nSPS) is 20.4. The summed E-state index contributed by atoms with van der Waals surface area (Å²) in [5.41, 5.74) is 0. The van der Waals surface area contributed by atoms with Gasteiger partial charge >= 0.3 is 0 Å². The van der Waals surface area contributed by atoms with E-state index in [1.54, 1.807) is 0 Å². The maximum atomic E-state index is 14.0. The Morgan fingerprint density at radius 2 is 2.14 bits per heavy atom. The Labute approximate surface area is 132 Å². The number of hydrogen-bond donors (Lipinski definition) is 0. The van der Waals surface area contributed by atoms with Crippen molar-refractivity contribution in [2.75, 3.05) is 6.54 Å². The fourth-order valence-electron chi connectivity index (χ4n) is 2.64. The molecule has 1 aliphatic heterocycles. The Bertz CT molecular complexity index is 648. The van der Waals surface area contributed by atoms with Crippen molar-refractivity contribution in [3.8, 4) is 0 Å². The van der Waals surface area contributed by atoms with Crippen LogP contribution in [0.4, 0.5) is 4.39 Å². The Morgan fingerprint density at radius 3 is 2.76 bits per heavy atom.